The van der Waals surface area contributed by atoms with Gasteiger partial charge in [-0.05, 0) is 88.7 Å². The van der Waals surface area contributed by atoms with Crippen LogP contribution >= 0.6 is 0 Å². The zero-order valence-electron chi connectivity index (χ0n) is 26.5. The number of amides is 2. The fraction of sp³-hybridized carbons (Fsp3) is 0.459. The van der Waals surface area contributed by atoms with E-state index in [4.69, 9.17) is 0 Å². The third-order valence-electron chi connectivity index (χ3n) is 8.44. The lowest BCUT2D eigenvalue weighted by Crippen LogP contribution is -2.38. The van der Waals surface area contributed by atoms with Crippen molar-refractivity contribution in [3.05, 3.63) is 106 Å². The van der Waals surface area contributed by atoms with Crippen LogP contribution in [-0.2, 0) is 15.6 Å². The first kappa shape index (κ1) is 32.4. The zero-order chi connectivity index (χ0) is 31.4. The highest BCUT2D eigenvalue weighted by atomic mass is 19.1. The summed E-state index contributed by atoms with van der Waals surface area (Å²) < 4.78 is 27.0. The molecule has 0 aliphatic carbocycles. The molecule has 43 heavy (non-hydrogen) atoms. The van der Waals surface area contributed by atoms with Crippen LogP contribution < -0.4 is 5.32 Å². The maximum atomic E-state index is 13.6. The topological polar surface area (TPSA) is 49.4 Å². The van der Waals surface area contributed by atoms with Crippen LogP contribution in [0.5, 0.6) is 0 Å². The molecule has 0 spiro atoms. The van der Waals surface area contributed by atoms with Gasteiger partial charge in [0, 0.05) is 37.0 Å². The predicted octanol–water partition coefficient (Wildman–Crippen LogP) is 8.28. The van der Waals surface area contributed by atoms with Gasteiger partial charge in [0.2, 0.25) is 5.91 Å². The second-order valence-electron chi connectivity index (χ2n) is 14.0. The minimum Gasteiger partial charge on any atom is -0.352 e. The van der Waals surface area contributed by atoms with Crippen molar-refractivity contribution in [2.75, 3.05) is 13.1 Å². The van der Waals surface area contributed by atoms with Crippen molar-refractivity contribution >= 4 is 11.8 Å². The summed E-state index contributed by atoms with van der Waals surface area (Å²) in [5.74, 6) is -0.587. The lowest BCUT2D eigenvalue weighted by molar-refractivity contribution is -0.121. The molecule has 1 fully saturated rings. The second kappa shape index (κ2) is 13.4. The first-order valence-electron chi connectivity index (χ1n) is 15.5. The van der Waals surface area contributed by atoms with Crippen molar-refractivity contribution in [2.24, 2.45) is 0 Å². The highest BCUT2D eigenvalue weighted by Crippen LogP contribution is 2.32. The van der Waals surface area contributed by atoms with Gasteiger partial charge in [0.05, 0.1) is 0 Å². The molecule has 1 N–H and O–H groups in total. The molecule has 230 valence electrons. The monoisotopic (exact) mass is 588 g/mol. The highest BCUT2D eigenvalue weighted by molar-refractivity contribution is 5.95. The van der Waals surface area contributed by atoms with E-state index in [0.29, 0.717) is 31.5 Å². The molecule has 1 heterocycles. The molecule has 0 unspecified atom stereocenters. The van der Waals surface area contributed by atoms with Gasteiger partial charge < -0.3 is 10.2 Å². The van der Waals surface area contributed by atoms with E-state index in [1.54, 1.807) is 24.3 Å². The van der Waals surface area contributed by atoms with Crippen molar-refractivity contribution in [3.63, 3.8) is 0 Å². The normalized spacial score (nSPS) is 15.7. The molecule has 0 radical (unpaired) electrons. The molecule has 0 aromatic heterocycles. The minimum atomic E-state index is -0.293. The van der Waals surface area contributed by atoms with Crippen LogP contribution in [0.1, 0.15) is 112 Å². The second-order valence-corrected chi connectivity index (χ2v) is 14.0. The van der Waals surface area contributed by atoms with Crippen LogP contribution in [0.3, 0.4) is 0 Å². The molecule has 1 aliphatic rings. The fourth-order valence-electron chi connectivity index (χ4n) is 5.71. The van der Waals surface area contributed by atoms with Gasteiger partial charge in [-0.1, -0.05) is 78.3 Å². The number of carbonyl (C=O) groups is 2. The third-order valence-corrected chi connectivity index (χ3v) is 8.44. The van der Waals surface area contributed by atoms with Gasteiger partial charge >= 0.3 is 0 Å². The Hall–Kier alpha value is -3.54. The number of nitrogens with zero attached hydrogens (tertiary/aromatic N) is 1. The standard InChI is InChI=1S/C37H46F2N2O2/c1-36(2,3)28-21-27(22-29(23-28)37(4,5)6)35(43)41-20-19-32(24-41)40-34(42)10-8-7-9-33(25-11-15-30(38)16-12-25)26-13-17-31(39)18-14-26/h11-18,21-23,32-33H,7-10,19-20,24H2,1-6H3,(H,40,42)/t32-/m0/s1. The predicted molar refractivity (Wildman–Crippen MR) is 169 cm³/mol. The third kappa shape index (κ3) is 8.75. The van der Waals surface area contributed by atoms with E-state index in [9.17, 15) is 18.4 Å². The molecule has 0 bridgehead atoms. The number of benzene rings is 3. The van der Waals surface area contributed by atoms with E-state index in [0.717, 1.165) is 41.5 Å². The van der Waals surface area contributed by atoms with E-state index in [1.807, 2.05) is 17.0 Å². The number of likely N-dealkylation sites (tertiary alicyclic amines) is 1. The Bertz CT molecular complexity index is 1320. The molecule has 0 saturated carbocycles. The Labute approximate surface area is 255 Å². The van der Waals surface area contributed by atoms with Crippen LogP contribution in [0.2, 0.25) is 0 Å². The number of hydrogen-bond acceptors (Lipinski definition) is 2. The molecule has 4 nitrogen and oxygen atoms in total. The van der Waals surface area contributed by atoms with Crippen molar-refractivity contribution < 1.29 is 18.4 Å². The van der Waals surface area contributed by atoms with Gasteiger partial charge in [-0.2, -0.15) is 0 Å². The van der Waals surface area contributed by atoms with Crippen LogP contribution in [-0.4, -0.2) is 35.8 Å². The van der Waals surface area contributed by atoms with Gasteiger partial charge in [-0.15, -0.1) is 0 Å². The van der Waals surface area contributed by atoms with Crippen LogP contribution in [0, 0.1) is 11.6 Å². The highest BCUT2D eigenvalue weighted by Gasteiger charge is 2.30. The van der Waals surface area contributed by atoms with Crippen molar-refractivity contribution in [1.29, 1.82) is 0 Å². The summed E-state index contributed by atoms with van der Waals surface area (Å²) in [5, 5.41) is 3.13. The summed E-state index contributed by atoms with van der Waals surface area (Å²) in [6.07, 6.45) is 3.39. The number of rotatable bonds is 9. The molecule has 2 amide bonds. The molecule has 1 atom stereocenters. The van der Waals surface area contributed by atoms with Gasteiger partial charge in [0.1, 0.15) is 11.6 Å². The van der Waals surface area contributed by atoms with Crippen LogP contribution in [0.25, 0.3) is 0 Å². The smallest absolute Gasteiger partial charge is 0.253 e. The largest absolute Gasteiger partial charge is 0.352 e. The number of nitrogens with one attached hydrogen (secondary N) is 1. The SMILES string of the molecule is CC(C)(C)c1cc(C(=O)N2CC[C@H](NC(=O)CCCCC(c3ccc(F)cc3)c3ccc(F)cc3)C2)cc(C(C)(C)C)c1. The number of carbonyl (C=O) groups excluding carboxylic acids is 2. The lowest BCUT2D eigenvalue weighted by Gasteiger charge is -2.27. The van der Waals surface area contributed by atoms with E-state index in [2.05, 4.69) is 52.9 Å². The maximum Gasteiger partial charge on any atom is 0.253 e. The average Bonchev–Trinajstić information content (AvgIpc) is 3.41. The molecular formula is C37H46F2N2O2. The summed E-state index contributed by atoms with van der Waals surface area (Å²) >= 11 is 0. The Morgan fingerprint density at radius 2 is 1.33 bits per heavy atom. The Balaban J connectivity index is 1.30. The number of unbranched alkanes of at least 4 members (excludes halogenated alkanes) is 1. The summed E-state index contributed by atoms with van der Waals surface area (Å²) in [6, 6.07) is 19.1. The van der Waals surface area contributed by atoms with E-state index in [1.165, 1.54) is 24.3 Å². The van der Waals surface area contributed by atoms with Gasteiger partial charge in [-0.3, -0.25) is 9.59 Å². The van der Waals surface area contributed by atoms with Crippen molar-refractivity contribution in [2.45, 2.75) is 96.4 Å². The van der Waals surface area contributed by atoms with Crippen LogP contribution in [0.4, 0.5) is 8.78 Å². The van der Waals surface area contributed by atoms with Crippen molar-refractivity contribution in [1.82, 2.24) is 10.2 Å². The molecule has 1 aliphatic heterocycles. The molecule has 4 rings (SSSR count). The summed E-state index contributed by atoms with van der Waals surface area (Å²) in [7, 11) is 0. The Morgan fingerprint density at radius 3 is 1.81 bits per heavy atom. The molecule has 3 aromatic carbocycles. The Kier molecular flexibility index (Phi) is 10.1. The zero-order valence-corrected chi connectivity index (χ0v) is 26.5. The quantitative estimate of drug-likeness (QED) is 0.256. The van der Waals surface area contributed by atoms with Gasteiger partial charge in [0.25, 0.3) is 5.91 Å². The summed E-state index contributed by atoms with van der Waals surface area (Å²) in [4.78, 5) is 28.2. The maximum absolute atomic E-state index is 13.6. The Morgan fingerprint density at radius 1 is 0.814 bits per heavy atom. The number of hydrogen-bond donors (Lipinski definition) is 1. The first-order valence-corrected chi connectivity index (χ1v) is 15.5. The van der Waals surface area contributed by atoms with E-state index < -0.39 is 0 Å². The molecule has 6 heteroatoms. The first-order chi connectivity index (χ1) is 20.2. The molecule has 3 aromatic rings. The summed E-state index contributed by atoms with van der Waals surface area (Å²) in [5.41, 5.74) is 4.79. The summed E-state index contributed by atoms with van der Waals surface area (Å²) in [6.45, 7) is 14.1. The molecule has 1 saturated heterocycles. The molecular weight excluding hydrogens is 542 g/mol. The van der Waals surface area contributed by atoms with Gasteiger partial charge in [-0.25, -0.2) is 8.78 Å². The van der Waals surface area contributed by atoms with E-state index in [-0.39, 0.29) is 46.2 Å². The van der Waals surface area contributed by atoms with Gasteiger partial charge in [0.15, 0.2) is 0 Å². The number of halogens is 2. The average molecular weight is 589 g/mol. The minimum absolute atomic E-state index is 0.00533. The lowest BCUT2D eigenvalue weighted by atomic mass is 9.79. The van der Waals surface area contributed by atoms with E-state index >= 15 is 0 Å². The van der Waals surface area contributed by atoms with Crippen molar-refractivity contribution in [3.8, 4) is 0 Å². The van der Waals surface area contributed by atoms with Crippen LogP contribution in [0.15, 0.2) is 66.7 Å². The fourth-order valence-corrected chi connectivity index (χ4v) is 5.71.